The van der Waals surface area contributed by atoms with E-state index in [0.717, 1.165) is 32.6 Å². The van der Waals surface area contributed by atoms with Gasteiger partial charge in [0.25, 0.3) is 5.56 Å². The highest BCUT2D eigenvalue weighted by atomic mass is 35.5. The van der Waals surface area contributed by atoms with Gasteiger partial charge in [-0.05, 0) is 18.8 Å². The third-order valence-corrected chi connectivity index (χ3v) is 3.57. The zero-order valence-corrected chi connectivity index (χ0v) is 11.5. The predicted octanol–water partition coefficient (Wildman–Crippen LogP) is 1.92. The van der Waals surface area contributed by atoms with Crippen molar-refractivity contribution >= 4 is 17.3 Å². The number of aromatic nitrogens is 2. The van der Waals surface area contributed by atoms with Crippen LogP contribution >= 0.6 is 11.6 Å². The molecule has 2 rings (SSSR count). The van der Waals surface area contributed by atoms with Crippen LogP contribution in [-0.4, -0.2) is 29.5 Å². The Morgan fingerprint density at radius 1 is 1.58 bits per heavy atom. The second kappa shape index (κ2) is 6.73. The second-order valence-electron chi connectivity index (χ2n) is 4.58. The van der Waals surface area contributed by atoms with Crippen LogP contribution in [0.5, 0.6) is 0 Å². The lowest BCUT2D eigenvalue weighted by Crippen LogP contribution is -2.26. The third-order valence-electron chi connectivity index (χ3n) is 3.21. The van der Waals surface area contributed by atoms with E-state index in [1.807, 2.05) is 0 Å². The standard InChI is InChI=1S/C13H18ClN3O2/c1-2-5-17-13(18)12(14)11(9-16-17)15-8-10-3-6-19-7-4-10/h2,9-10,15H,1,3-8H2. The molecule has 1 aromatic heterocycles. The largest absolute Gasteiger partial charge is 0.382 e. The van der Waals surface area contributed by atoms with Crippen LogP contribution in [0.25, 0.3) is 0 Å². The molecule has 1 aromatic rings. The zero-order valence-electron chi connectivity index (χ0n) is 10.8. The summed E-state index contributed by atoms with van der Waals surface area (Å²) in [4.78, 5) is 11.9. The number of hydrogen-bond donors (Lipinski definition) is 1. The van der Waals surface area contributed by atoms with E-state index in [4.69, 9.17) is 16.3 Å². The van der Waals surface area contributed by atoms with Crippen molar-refractivity contribution in [1.82, 2.24) is 9.78 Å². The van der Waals surface area contributed by atoms with Crippen molar-refractivity contribution in [1.29, 1.82) is 0 Å². The van der Waals surface area contributed by atoms with E-state index >= 15 is 0 Å². The van der Waals surface area contributed by atoms with Crippen molar-refractivity contribution in [2.24, 2.45) is 5.92 Å². The molecule has 1 saturated heterocycles. The van der Waals surface area contributed by atoms with E-state index in [1.165, 1.54) is 4.68 Å². The maximum atomic E-state index is 11.9. The number of ether oxygens (including phenoxy) is 1. The van der Waals surface area contributed by atoms with E-state index < -0.39 is 0 Å². The molecule has 1 N–H and O–H groups in total. The minimum absolute atomic E-state index is 0.184. The van der Waals surface area contributed by atoms with E-state index in [0.29, 0.717) is 18.2 Å². The van der Waals surface area contributed by atoms with Gasteiger partial charge in [-0.3, -0.25) is 4.79 Å². The molecule has 1 aliphatic heterocycles. The van der Waals surface area contributed by atoms with Crippen molar-refractivity contribution in [3.8, 4) is 0 Å². The van der Waals surface area contributed by atoms with Gasteiger partial charge in [-0.15, -0.1) is 6.58 Å². The summed E-state index contributed by atoms with van der Waals surface area (Å²) < 4.78 is 6.59. The quantitative estimate of drug-likeness (QED) is 0.839. The number of anilines is 1. The average molecular weight is 284 g/mol. The first-order valence-electron chi connectivity index (χ1n) is 6.40. The summed E-state index contributed by atoms with van der Waals surface area (Å²) in [5, 5.41) is 7.44. The summed E-state index contributed by atoms with van der Waals surface area (Å²) in [6.07, 6.45) is 5.27. The molecule has 0 unspecified atom stereocenters. The van der Waals surface area contributed by atoms with Gasteiger partial charge in [0.2, 0.25) is 0 Å². The molecule has 104 valence electrons. The van der Waals surface area contributed by atoms with Gasteiger partial charge in [0, 0.05) is 19.8 Å². The average Bonchev–Trinajstić information content (AvgIpc) is 2.44. The summed E-state index contributed by atoms with van der Waals surface area (Å²) in [5.41, 5.74) is 0.303. The van der Waals surface area contributed by atoms with Gasteiger partial charge in [-0.1, -0.05) is 17.7 Å². The fourth-order valence-corrected chi connectivity index (χ4v) is 2.26. The van der Waals surface area contributed by atoms with Gasteiger partial charge in [0.15, 0.2) is 0 Å². The third kappa shape index (κ3) is 3.58. The van der Waals surface area contributed by atoms with E-state index in [2.05, 4.69) is 17.0 Å². The van der Waals surface area contributed by atoms with Crippen molar-refractivity contribution in [2.75, 3.05) is 25.1 Å². The molecule has 0 bridgehead atoms. The SMILES string of the molecule is C=CCn1ncc(NCC2CCOCC2)c(Cl)c1=O. The molecule has 0 radical (unpaired) electrons. The number of rotatable bonds is 5. The molecule has 0 aliphatic carbocycles. The van der Waals surface area contributed by atoms with E-state index in [1.54, 1.807) is 12.3 Å². The van der Waals surface area contributed by atoms with E-state index in [9.17, 15) is 4.79 Å². The molecular weight excluding hydrogens is 266 g/mol. The lowest BCUT2D eigenvalue weighted by Gasteiger charge is -2.22. The van der Waals surface area contributed by atoms with Crippen LogP contribution in [0.3, 0.4) is 0 Å². The molecule has 0 spiro atoms. The van der Waals surface area contributed by atoms with Crippen molar-refractivity contribution in [2.45, 2.75) is 19.4 Å². The van der Waals surface area contributed by atoms with Crippen LogP contribution in [0.1, 0.15) is 12.8 Å². The van der Waals surface area contributed by atoms with Crippen LogP contribution < -0.4 is 10.9 Å². The Balaban J connectivity index is 2.02. The number of allylic oxidation sites excluding steroid dienone is 1. The zero-order chi connectivity index (χ0) is 13.7. The van der Waals surface area contributed by atoms with Gasteiger partial charge < -0.3 is 10.1 Å². The first-order valence-corrected chi connectivity index (χ1v) is 6.78. The van der Waals surface area contributed by atoms with E-state index in [-0.39, 0.29) is 10.6 Å². The molecule has 0 saturated carbocycles. The Hall–Kier alpha value is -1.33. The molecule has 0 atom stereocenters. The molecule has 1 aliphatic rings. The Bertz CT molecular complexity index is 495. The van der Waals surface area contributed by atoms with Gasteiger partial charge in [0.05, 0.1) is 18.4 Å². The van der Waals surface area contributed by atoms with Crippen LogP contribution in [-0.2, 0) is 11.3 Å². The molecule has 19 heavy (non-hydrogen) atoms. The molecule has 1 fully saturated rings. The minimum Gasteiger partial charge on any atom is -0.382 e. The van der Waals surface area contributed by atoms with Crippen molar-refractivity contribution in [3.63, 3.8) is 0 Å². The highest BCUT2D eigenvalue weighted by molar-refractivity contribution is 6.32. The number of nitrogens with one attached hydrogen (secondary N) is 1. The smallest absolute Gasteiger partial charge is 0.287 e. The monoisotopic (exact) mass is 283 g/mol. The topological polar surface area (TPSA) is 56.1 Å². The lowest BCUT2D eigenvalue weighted by atomic mass is 10.0. The molecule has 2 heterocycles. The fraction of sp³-hybridized carbons (Fsp3) is 0.538. The van der Waals surface area contributed by atoms with Gasteiger partial charge in [-0.2, -0.15) is 5.10 Å². The van der Waals surface area contributed by atoms with Gasteiger partial charge in [0.1, 0.15) is 5.02 Å². The minimum atomic E-state index is -0.293. The molecule has 6 heteroatoms. The fourth-order valence-electron chi connectivity index (χ4n) is 2.05. The second-order valence-corrected chi connectivity index (χ2v) is 4.96. The molecular formula is C13H18ClN3O2. The summed E-state index contributed by atoms with van der Waals surface area (Å²) in [7, 11) is 0. The lowest BCUT2D eigenvalue weighted by molar-refractivity contribution is 0.0699. The van der Waals surface area contributed by atoms with Crippen LogP contribution in [0, 0.1) is 5.92 Å². The van der Waals surface area contributed by atoms with Gasteiger partial charge in [-0.25, -0.2) is 4.68 Å². The van der Waals surface area contributed by atoms with Crippen LogP contribution in [0.4, 0.5) is 5.69 Å². The maximum Gasteiger partial charge on any atom is 0.287 e. The number of halogens is 1. The Morgan fingerprint density at radius 2 is 2.32 bits per heavy atom. The van der Waals surface area contributed by atoms with Crippen molar-refractivity contribution < 1.29 is 4.74 Å². The molecule has 5 nitrogen and oxygen atoms in total. The molecule has 0 amide bonds. The predicted molar refractivity (Wildman–Crippen MR) is 75.7 cm³/mol. The summed E-state index contributed by atoms with van der Waals surface area (Å²) >= 11 is 6.06. The first-order chi connectivity index (χ1) is 9.22. The normalized spacial score (nSPS) is 16.3. The Kier molecular flexibility index (Phi) is 4.99. The summed E-state index contributed by atoms with van der Waals surface area (Å²) in [6, 6.07) is 0. The summed E-state index contributed by atoms with van der Waals surface area (Å²) in [6.45, 7) is 6.33. The maximum absolute atomic E-state index is 11.9. The Labute approximate surface area is 117 Å². The van der Waals surface area contributed by atoms with Gasteiger partial charge >= 0.3 is 0 Å². The number of hydrogen-bond acceptors (Lipinski definition) is 4. The Morgan fingerprint density at radius 3 is 3.00 bits per heavy atom. The first kappa shape index (κ1) is 14.1. The highest BCUT2D eigenvalue weighted by Gasteiger charge is 2.15. The van der Waals surface area contributed by atoms with Crippen molar-refractivity contribution in [3.05, 3.63) is 34.2 Å². The molecule has 0 aromatic carbocycles. The van der Waals surface area contributed by atoms with Crippen LogP contribution in [0.15, 0.2) is 23.6 Å². The highest BCUT2D eigenvalue weighted by Crippen LogP contribution is 2.19. The summed E-state index contributed by atoms with van der Waals surface area (Å²) in [5.74, 6) is 0.556. The van der Waals surface area contributed by atoms with Crippen LogP contribution in [0.2, 0.25) is 5.02 Å². The number of nitrogens with zero attached hydrogens (tertiary/aromatic N) is 2.